The number of nitrogens with one attached hydrogen (secondary N) is 1. The maximum atomic E-state index is 12.4. The number of likely N-dealkylation sites (tertiary alicyclic amines) is 1. The van der Waals surface area contributed by atoms with Gasteiger partial charge in [-0.3, -0.25) is 4.90 Å². The van der Waals surface area contributed by atoms with Crippen molar-refractivity contribution in [2.24, 2.45) is 0 Å². The molecule has 1 saturated heterocycles. The molecule has 1 aliphatic heterocycles. The first-order valence-corrected chi connectivity index (χ1v) is 7.32. The van der Waals surface area contributed by atoms with E-state index in [-0.39, 0.29) is 5.97 Å². The number of anilines is 1. The molecule has 2 fully saturated rings. The SMILES string of the molecule is COC(=O)C1(Nc2ccccc2)CC(C)N(C2CC2)C1. The Bertz CT molecular complexity index is 487. The van der Waals surface area contributed by atoms with Crippen LogP contribution in [-0.4, -0.2) is 42.1 Å². The highest BCUT2D eigenvalue weighted by Crippen LogP contribution is 2.39. The van der Waals surface area contributed by atoms with Gasteiger partial charge in [0.2, 0.25) is 0 Å². The molecule has 2 unspecified atom stereocenters. The minimum Gasteiger partial charge on any atom is -0.467 e. The van der Waals surface area contributed by atoms with Gasteiger partial charge in [0.15, 0.2) is 0 Å². The molecule has 1 aliphatic carbocycles. The molecule has 2 atom stereocenters. The number of ether oxygens (including phenoxy) is 1. The van der Waals surface area contributed by atoms with Crippen molar-refractivity contribution in [3.05, 3.63) is 30.3 Å². The van der Waals surface area contributed by atoms with E-state index in [0.717, 1.165) is 18.7 Å². The van der Waals surface area contributed by atoms with Gasteiger partial charge in [0, 0.05) is 24.3 Å². The highest BCUT2D eigenvalue weighted by molar-refractivity contribution is 5.85. The first-order chi connectivity index (χ1) is 9.64. The van der Waals surface area contributed by atoms with Crippen LogP contribution in [0.5, 0.6) is 0 Å². The van der Waals surface area contributed by atoms with Crippen LogP contribution in [-0.2, 0) is 9.53 Å². The van der Waals surface area contributed by atoms with E-state index in [1.54, 1.807) is 0 Å². The van der Waals surface area contributed by atoms with Crippen LogP contribution in [0.1, 0.15) is 26.2 Å². The highest BCUT2D eigenvalue weighted by Gasteiger charge is 2.52. The number of methoxy groups -OCH3 is 1. The molecule has 1 heterocycles. The number of esters is 1. The molecule has 4 nitrogen and oxygen atoms in total. The molecule has 20 heavy (non-hydrogen) atoms. The van der Waals surface area contributed by atoms with Gasteiger partial charge in [-0.1, -0.05) is 18.2 Å². The number of para-hydroxylation sites is 1. The van der Waals surface area contributed by atoms with Gasteiger partial charge >= 0.3 is 5.97 Å². The molecule has 1 saturated carbocycles. The van der Waals surface area contributed by atoms with Gasteiger partial charge < -0.3 is 10.1 Å². The predicted octanol–water partition coefficient (Wildman–Crippen LogP) is 2.27. The maximum Gasteiger partial charge on any atom is 0.332 e. The smallest absolute Gasteiger partial charge is 0.332 e. The summed E-state index contributed by atoms with van der Waals surface area (Å²) >= 11 is 0. The lowest BCUT2D eigenvalue weighted by Crippen LogP contribution is -2.49. The summed E-state index contributed by atoms with van der Waals surface area (Å²) in [7, 11) is 1.47. The zero-order chi connectivity index (χ0) is 14.2. The van der Waals surface area contributed by atoms with Crippen molar-refractivity contribution in [2.75, 3.05) is 19.0 Å². The monoisotopic (exact) mass is 274 g/mol. The second kappa shape index (κ2) is 5.09. The second-order valence-electron chi connectivity index (χ2n) is 6.02. The number of rotatable bonds is 4. The molecule has 1 aromatic rings. The van der Waals surface area contributed by atoms with Crippen molar-refractivity contribution in [3.8, 4) is 0 Å². The van der Waals surface area contributed by atoms with E-state index in [4.69, 9.17) is 4.74 Å². The summed E-state index contributed by atoms with van der Waals surface area (Å²) in [6, 6.07) is 11.0. The highest BCUT2D eigenvalue weighted by atomic mass is 16.5. The molecule has 108 valence electrons. The van der Waals surface area contributed by atoms with Gasteiger partial charge in [-0.25, -0.2) is 4.79 Å². The Morgan fingerprint density at radius 2 is 2.05 bits per heavy atom. The average molecular weight is 274 g/mol. The molecule has 1 aromatic carbocycles. The Labute approximate surface area is 120 Å². The largest absolute Gasteiger partial charge is 0.467 e. The Morgan fingerprint density at radius 3 is 2.65 bits per heavy atom. The van der Waals surface area contributed by atoms with Crippen molar-refractivity contribution in [1.29, 1.82) is 0 Å². The average Bonchev–Trinajstić information content (AvgIpc) is 3.24. The number of carbonyl (C=O) groups excluding carboxylic acids is 1. The number of nitrogens with zero attached hydrogens (tertiary/aromatic N) is 1. The van der Waals surface area contributed by atoms with Crippen LogP contribution in [0.4, 0.5) is 5.69 Å². The molecule has 0 spiro atoms. The molecule has 0 radical (unpaired) electrons. The third-order valence-electron chi connectivity index (χ3n) is 4.41. The molecule has 0 bridgehead atoms. The summed E-state index contributed by atoms with van der Waals surface area (Å²) in [5.74, 6) is -0.156. The summed E-state index contributed by atoms with van der Waals surface area (Å²) in [6.07, 6.45) is 3.31. The third-order valence-corrected chi connectivity index (χ3v) is 4.41. The molecule has 0 amide bonds. The summed E-state index contributed by atoms with van der Waals surface area (Å²) in [5, 5.41) is 3.43. The van der Waals surface area contributed by atoms with Gasteiger partial charge in [-0.15, -0.1) is 0 Å². The molecule has 4 heteroatoms. The third kappa shape index (κ3) is 2.40. The van der Waals surface area contributed by atoms with Gasteiger partial charge in [0.05, 0.1) is 7.11 Å². The van der Waals surface area contributed by atoms with Gasteiger partial charge in [0.25, 0.3) is 0 Å². The van der Waals surface area contributed by atoms with Gasteiger partial charge in [0.1, 0.15) is 5.54 Å². The molecule has 3 rings (SSSR count). The van der Waals surface area contributed by atoms with E-state index in [1.165, 1.54) is 20.0 Å². The topological polar surface area (TPSA) is 41.6 Å². The van der Waals surface area contributed by atoms with E-state index in [0.29, 0.717) is 12.1 Å². The van der Waals surface area contributed by atoms with Crippen LogP contribution in [0.2, 0.25) is 0 Å². The number of carbonyl (C=O) groups is 1. The van der Waals surface area contributed by atoms with Crippen LogP contribution in [0, 0.1) is 0 Å². The summed E-state index contributed by atoms with van der Waals surface area (Å²) < 4.78 is 5.08. The fraction of sp³-hybridized carbons (Fsp3) is 0.562. The van der Waals surface area contributed by atoms with Crippen LogP contribution in [0.15, 0.2) is 30.3 Å². The lowest BCUT2D eigenvalue weighted by Gasteiger charge is -2.29. The van der Waals surface area contributed by atoms with Crippen molar-refractivity contribution >= 4 is 11.7 Å². The first kappa shape index (κ1) is 13.4. The zero-order valence-corrected chi connectivity index (χ0v) is 12.1. The van der Waals surface area contributed by atoms with Crippen LogP contribution >= 0.6 is 0 Å². The van der Waals surface area contributed by atoms with Crippen molar-refractivity contribution in [1.82, 2.24) is 4.90 Å². The lowest BCUT2D eigenvalue weighted by molar-refractivity contribution is -0.145. The number of hydrogen-bond acceptors (Lipinski definition) is 4. The Balaban J connectivity index is 1.84. The van der Waals surface area contributed by atoms with E-state index in [9.17, 15) is 4.79 Å². The Kier molecular flexibility index (Phi) is 3.42. The van der Waals surface area contributed by atoms with Crippen LogP contribution in [0.3, 0.4) is 0 Å². The fourth-order valence-electron chi connectivity index (χ4n) is 3.33. The van der Waals surface area contributed by atoms with Crippen LogP contribution < -0.4 is 5.32 Å². The molecule has 1 N–H and O–H groups in total. The minimum absolute atomic E-state index is 0.156. The van der Waals surface area contributed by atoms with Gasteiger partial charge in [-0.05, 0) is 38.3 Å². The molecular weight excluding hydrogens is 252 g/mol. The Hall–Kier alpha value is -1.55. The molecule has 0 aromatic heterocycles. The van der Waals surface area contributed by atoms with Gasteiger partial charge in [-0.2, -0.15) is 0 Å². The van der Waals surface area contributed by atoms with Crippen molar-refractivity contribution in [3.63, 3.8) is 0 Å². The molecular formula is C16H22N2O2. The summed E-state index contributed by atoms with van der Waals surface area (Å²) in [5.41, 5.74) is 0.362. The molecule has 2 aliphatic rings. The lowest BCUT2D eigenvalue weighted by atomic mass is 9.96. The van der Waals surface area contributed by atoms with E-state index < -0.39 is 5.54 Å². The number of benzene rings is 1. The van der Waals surface area contributed by atoms with Crippen molar-refractivity contribution < 1.29 is 9.53 Å². The Morgan fingerprint density at radius 1 is 1.35 bits per heavy atom. The minimum atomic E-state index is -0.613. The summed E-state index contributed by atoms with van der Waals surface area (Å²) in [6.45, 7) is 2.94. The standard InChI is InChI=1S/C16H22N2O2/c1-12-10-16(15(19)20-2,11-18(12)14-8-9-14)17-13-6-4-3-5-7-13/h3-7,12,14,17H,8-11H2,1-2H3. The summed E-state index contributed by atoms with van der Waals surface area (Å²) in [4.78, 5) is 14.8. The zero-order valence-electron chi connectivity index (χ0n) is 12.1. The normalized spacial score (nSPS) is 30.2. The van der Waals surface area contributed by atoms with E-state index in [2.05, 4.69) is 17.1 Å². The first-order valence-electron chi connectivity index (χ1n) is 7.32. The fourth-order valence-corrected chi connectivity index (χ4v) is 3.33. The van der Waals surface area contributed by atoms with Crippen molar-refractivity contribution in [2.45, 2.75) is 43.8 Å². The quantitative estimate of drug-likeness (QED) is 0.855. The van der Waals surface area contributed by atoms with Crippen LogP contribution in [0.25, 0.3) is 0 Å². The van der Waals surface area contributed by atoms with E-state index in [1.807, 2.05) is 30.3 Å². The predicted molar refractivity (Wildman–Crippen MR) is 78.6 cm³/mol. The van der Waals surface area contributed by atoms with E-state index >= 15 is 0 Å². The second-order valence-corrected chi connectivity index (χ2v) is 6.02. The number of hydrogen-bond donors (Lipinski definition) is 1. The maximum absolute atomic E-state index is 12.4.